The summed E-state index contributed by atoms with van der Waals surface area (Å²) in [5.41, 5.74) is -0.972. The van der Waals surface area contributed by atoms with Crippen LogP contribution in [0.4, 0.5) is 24.9 Å². The minimum atomic E-state index is -4.49. The van der Waals surface area contributed by atoms with Crippen LogP contribution < -0.4 is 10.6 Å². The predicted octanol–water partition coefficient (Wildman–Crippen LogP) is 3.31. The SMILES string of the molecule is CNCc1nnc(Nc2ccc(Br)cc2C(F)(F)F)o1. The summed E-state index contributed by atoms with van der Waals surface area (Å²) in [6.07, 6.45) is -4.49. The molecule has 1 aromatic heterocycles. The molecule has 0 saturated heterocycles. The van der Waals surface area contributed by atoms with Gasteiger partial charge in [-0.05, 0) is 25.2 Å². The molecule has 0 atom stereocenters. The average molecular weight is 351 g/mol. The molecule has 0 aliphatic carbocycles. The van der Waals surface area contributed by atoms with Crippen LogP contribution in [0.15, 0.2) is 27.1 Å². The van der Waals surface area contributed by atoms with E-state index in [0.717, 1.165) is 6.07 Å². The number of hydrogen-bond donors (Lipinski definition) is 2. The van der Waals surface area contributed by atoms with Crippen LogP contribution in [0.25, 0.3) is 0 Å². The highest BCUT2D eigenvalue weighted by Crippen LogP contribution is 2.37. The molecule has 0 unspecified atom stereocenters. The topological polar surface area (TPSA) is 63.0 Å². The summed E-state index contributed by atoms with van der Waals surface area (Å²) in [4.78, 5) is 0. The van der Waals surface area contributed by atoms with Crippen LogP contribution in [0.1, 0.15) is 11.5 Å². The van der Waals surface area contributed by atoms with E-state index in [4.69, 9.17) is 4.42 Å². The lowest BCUT2D eigenvalue weighted by Crippen LogP contribution is -2.09. The Bertz CT molecular complexity index is 600. The highest BCUT2D eigenvalue weighted by Gasteiger charge is 2.34. The normalized spacial score (nSPS) is 11.7. The van der Waals surface area contributed by atoms with Crippen molar-refractivity contribution in [3.8, 4) is 0 Å². The fraction of sp³-hybridized carbons (Fsp3) is 0.273. The molecule has 0 radical (unpaired) electrons. The molecule has 5 nitrogen and oxygen atoms in total. The number of rotatable bonds is 4. The quantitative estimate of drug-likeness (QED) is 0.885. The first kappa shape index (κ1) is 14.8. The van der Waals surface area contributed by atoms with Crippen molar-refractivity contribution in [3.05, 3.63) is 34.1 Å². The number of alkyl halides is 3. The Hall–Kier alpha value is -1.61. The molecule has 0 aliphatic heterocycles. The van der Waals surface area contributed by atoms with Gasteiger partial charge in [0.2, 0.25) is 5.89 Å². The average Bonchev–Trinajstić information content (AvgIpc) is 2.78. The smallest absolute Gasteiger partial charge is 0.406 e. The van der Waals surface area contributed by atoms with Gasteiger partial charge in [-0.3, -0.25) is 0 Å². The van der Waals surface area contributed by atoms with Gasteiger partial charge in [0, 0.05) is 4.47 Å². The van der Waals surface area contributed by atoms with E-state index >= 15 is 0 Å². The number of anilines is 2. The molecule has 0 spiro atoms. The van der Waals surface area contributed by atoms with Gasteiger partial charge in [-0.2, -0.15) is 13.2 Å². The minimum absolute atomic E-state index is 0.0944. The van der Waals surface area contributed by atoms with Crippen LogP contribution in [0.3, 0.4) is 0 Å². The zero-order chi connectivity index (χ0) is 14.8. The lowest BCUT2D eigenvalue weighted by molar-refractivity contribution is -0.137. The molecule has 0 bridgehead atoms. The lowest BCUT2D eigenvalue weighted by atomic mass is 10.1. The highest BCUT2D eigenvalue weighted by molar-refractivity contribution is 9.10. The van der Waals surface area contributed by atoms with Gasteiger partial charge in [0.15, 0.2) is 0 Å². The van der Waals surface area contributed by atoms with Crippen LogP contribution >= 0.6 is 15.9 Å². The minimum Gasteiger partial charge on any atom is -0.406 e. The van der Waals surface area contributed by atoms with Crippen molar-refractivity contribution in [3.63, 3.8) is 0 Å². The van der Waals surface area contributed by atoms with Crippen molar-refractivity contribution in [2.75, 3.05) is 12.4 Å². The molecule has 0 fully saturated rings. The molecular weight excluding hydrogens is 341 g/mol. The number of halogens is 4. The van der Waals surface area contributed by atoms with E-state index in [0.29, 0.717) is 11.0 Å². The van der Waals surface area contributed by atoms with E-state index in [9.17, 15) is 13.2 Å². The molecule has 2 N–H and O–H groups in total. The monoisotopic (exact) mass is 350 g/mol. The van der Waals surface area contributed by atoms with Crippen LogP contribution in [0.2, 0.25) is 0 Å². The molecule has 2 aromatic rings. The molecule has 1 heterocycles. The molecule has 0 aliphatic rings. The first-order valence-electron chi connectivity index (χ1n) is 5.51. The first-order chi connectivity index (χ1) is 9.40. The zero-order valence-corrected chi connectivity index (χ0v) is 11.8. The van der Waals surface area contributed by atoms with Gasteiger partial charge in [0.25, 0.3) is 0 Å². The fourth-order valence-electron chi connectivity index (χ4n) is 1.50. The fourth-order valence-corrected chi connectivity index (χ4v) is 1.86. The molecule has 0 saturated carbocycles. The summed E-state index contributed by atoms with van der Waals surface area (Å²) >= 11 is 3.01. The van der Waals surface area contributed by atoms with Gasteiger partial charge in [-0.1, -0.05) is 21.0 Å². The lowest BCUT2D eigenvalue weighted by Gasteiger charge is -2.12. The molecular formula is C11H10BrF3N4O. The molecule has 2 rings (SSSR count). The van der Waals surface area contributed by atoms with Gasteiger partial charge >= 0.3 is 12.2 Å². The second kappa shape index (κ2) is 5.80. The predicted molar refractivity (Wildman–Crippen MR) is 69.5 cm³/mol. The summed E-state index contributed by atoms with van der Waals surface area (Å²) in [5.74, 6) is 0.278. The van der Waals surface area contributed by atoms with Gasteiger partial charge in [-0.25, -0.2) is 0 Å². The van der Waals surface area contributed by atoms with Crippen molar-refractivity contribution in [2.24, 2.45) is 0 Å². The van der Waals surface area contributed by atoms with Crippen molar-refractivity contribution in [1.29, 1.82) is 0 Å². The Balaban J connectivity index is 2.28. The summed E-state index contributed by atoms with van der Waals surface area (Å²) in [6.45, 7) is 0.334. The van der Waals surface area contributed by atoms with Crippen molar-refractivity contribution >= 4 is 27.6 Å². The standard InChI is InChI=1S/C11H10BrF3N4O/c1-16-5-9-18-19-10(20-9)17-8-3-2-6(12)4-7(8)11(13,14)15/h2-4,16H,5H2,1H3,(H,17,19). The van der Waals surface area contributed by atoms with E-state index in [1.807, 2.05) is 0 Å². The molecule has 9 heteroatoms. The van der Waals surface area contributed by atoms with E-state index in [-0.39, 0.29) is 17.6 Å². The van der Waals surface area contributed by atoms with Crippen molar-refractivity contribution in [2.45, 2.75) is 12.7 Å². The number of benzene rings is 1. The maximum absolute atomic E-state index is 12.9. The highest BCUT2D eigenvalue weighted by atomic mass is 79.9. The van der Waals surface area contributed by atoms with E-state index in [1.165, 1.54) is 12.1 Å². The van der Waals surface area contributed by atoms with E-state index < -0.39 is 11.7 Å². The molecule has 108 valence electrons. The Morgan fingerprint density at radius 3 is 2.70 bits per heavy atom. The van der Waals surface area contributed by atoms with Crippen molar-refractivity contribution < 1.29 is 17.6 Å². The second-order valence-corrected chi connectivity index (χ2v) is 4.76. The molecule has 20 heavy (non-hydrogen) atoms. The van der Waals surface area contributed by atoms with Crippen LogP contribution in [0, 0.1) is 0 Å². The summed E-state index contributed by atoms with van der Waals surface area (Å²) in [6, 6.07) is 3.66. The summed E-state index contributed by atoms with van der Waals surface area (Å²) < 4.78 is 44.2. The third-order valence-electron chi connectivity index (χ3n) is 2.32. The Morgan fingerprint density at radius 1 is 1.30 bits per heavy atom. The van der Waals surface area contributed by atoms with Crippen LogP contribution in [0.5, 0.6) is 0 Å². The zero-order valence-electron chi connectivity index (χ0n) is 10.3. The van der Waals surface area contributed by atoms with E-state index in [2.05, 4.69) is 36.8 Å². The van der Waals surface area contributed by atoms with Gasteiger partial charge in [0.1, 0.15) is 0 Å². The van der Waals surface area contributed by atoms with Gasteiger partial charge in [0.05, 0.1) is 17.8 Å². The Labute approximate surface area is 120 Å². The number of aromatic nitrogens is 2. The maximum Gasteiger partial charge on any atom is 0.418 e. The van der Waals surface area contributed by atoms with Crippen LogP contribution in [-0.2, 0) is 12.7 Å². The number of hydrogen-bond acceptors (Lipinski definition) is 5. The number of nitrogens with one attached hydrogen (secondary N) is 2. The first-order valence-corrected chi connectivity index (χ1v) is 6.30. The Morgan fingerprint density at radius 2 is 2.05 bits per heavy atom. The van der Waals surface area contributed by atoms with Gasteiger partial charge < -0.3 is 15.1 Å². The largest absolute Gasteiger partial charge is 0.418 e. The van der Waals surface area contributed by atoms with Crippen molar-refractivity contribution in [1.82, 2.24) is 15.5 Å². The second-order valence-electron chi connectivity index (χ2n) is 3.84. The van der Waals surface area contributed by atoms with Gasteiger partial charge in [-0.15, -0.1) is 5.10 Å². The molecule has 0 amide bonds. The summed E-state index contributed by atoms with van der Waals surface area (Å²) in [5, 5.41) is 12.6. The maximum atomic E-state index is 12.9. The van der Waals surface area contributed by atoms with Crippen LogP contribution in [-0.4, -0.2) is 17.2 Å². The summed E-state index contributed by atoms with van der Waals surface area (Å²) in [7, 11) is 1.69. The Kier molecular flexibility index (Phi) is 4.29. The number of nitrogens with zero attached hydrogens (tertiary/aromatic N) is 2. The van der Waals surface area contributed by atoms with E-state index in [1.54, 1.807) is 7.05 Å². The molecule has 1 aromatic carbocycles. The third kappa shape index (κ3) is 3.48. The third-order valence-corrected chi connectivity index (χ3v) is 2.82.